The molecule has 0 aliphatic heterocycles. The van der Waals surface area contributed by atoms with Crippen molar-refractivity contribution in [3.05, 3.63) is 76.8 Å². The number of aliphatic hydroxyl groups is 1. The number of unbranched alkanes of at least 4 members (excludes halogenated alkanes) is 5. The number of benzene rings is 2. The molecule has 2 aromatic rings. The topological polar surface area (TPSA) is 32.7 Å². The maximum absolute atomic E-state index is 10.5. The van der Waals surface area contributed by atoms with Gasteiger partial charge in [0.25, 0.3) is 0 Å². The lowest BCUT2D eigenvalue weighted by Gasteiger charge is -2.13. The number of likely N-dealkylation sites (N-methyl/N-ethyl adjacent to an activating group) is 1. The zero-order valence-electron chi connectivity index (χ0n) is 17.5. The van der Waals surface area contributed by atoms with Gasteiger partial charge in [0.15, 0.2) is 0 Å². The number of halogens is 1. The molecule has 0 radical (unpaired) electrons. The van der Waals surface area contributed by atoms with Gasteiger partial charge in [-0.15, -0.1) is 6.58 Å². The van der Waals surface area contributed by atoms with Gasteiger partial charge in [0.1, 0.15) is 11.9 Å². The Kier molecular flexibility index (Phi) is 11.1. The van der Waals surface area contributed by atoms with Crippen molar-refractivity contribution >= 4 is 15.9 Å². The van der Waals surface area contributed by atoms with Crippen LogP contribution in [0.1, 0.15) is 55.8 Å². The van der Waals surface area contributed by atoms with E-state index >= 15 is 0 Å². The van der Waals surface area contributed by atoms with Crippen LogP contribution >= 0.6 is 15.9 Å². The first-order valence-electron chi connectivity index (χ1n) is 10.6. The second-order valence-electron chi connectivity index (χ2n) is 7.54. The molecule has 0 aromatic heterocycles. The average molecular weight is 460 g/mol. The summed E-state index contributed by atoms with van der Waals surface area (Å²) >= 11 is 3.42. The summed E-state index contributed by atoms with van der Waals surface area (Å²) in [5, 5.41) is 10.5. The fourth-order valence-electron chi connectivity index (χ4n) is 3.28. The van der Waals surface area contributed by atoms with Crippen molar-refractivity contribution in [2.45, 2.75) is 44.6 Å². The smallest absolute Gasteiger partial charge is 0.119 e. The molecule has 4 heteroatoms. The molecule has 0 aliphatic rings. The standard InChI is InChI=1S/C25H34BrNO2/c1-3-18-27(2)19-8-6-4-5-7-9-20-29-24-16-12-22(13-17-24)25(28)21-10-14-23(26)15-11-21/h3,10-17,25,28H,1,4-9,18-20H2,2H3. The molecule has 2 aromatic carbocycles. The van der Waals surface area contributed by atoms with Gasteiger partial charge in [0, 0.05) is 11.0 Å². The molecule has 158 valence electrons. The van der Waals surface area contributed by atoms with Crippen molar-refractivity contribution < 1.29 is 9.84 Å². The lowest BCUT2D eigenvalue weighted by atomic mass is 10.0. The second-order valence-corrected chi connectivity index (χ2v) is 8.46. The summed E-state index contributed by atoms with van der Waals surface area (Å²) in [4.78, 5) is 2.31. The minimum absolute atomic E-state index is 0.617. The Bertz CT molecular complexity index is 700. The molecule has 1 N–H and O–H groups in total. The molecule has 0 aliphatic carbocycles. The zero-order valence-corrected chi connectivity index (χ0v) is 19.1. The van der Waals surface area contributed by atoms with E-state index in [1.54, 1.807) is 0 Å². The monoisotopic (exact) mass is 459 g/mol. The predicted octanol–water partition coefficient (Wildman–Crippen LogP) is 6.37. The quantitative estimate of drug-likeness (QED) is 0.263. The Labute approximate surface area is 184 Å². The van der Waals surface area contributed by atoms with Gasteiger partial charge in [-0.05, 0) is 61.8 Å². The highest BCUT2D eigenvalue weighted by Crippen LogP contribution is 2.25. The molecule has 29 heavy (non-hydrogen) atoms. The number of hydrogen-bond donors (Lipinski definition) is 1. The SMILES string of the molecule is C=CCN(C)CCCCCCCCOc1ccc(C(O)c2ccc(Br)cc2)cc1. The van der Waals surface area contributed by atoms with E-state index in [1.165, 1.54) is 32.1 Å². The summed E-state index contributed by atoms with van der Waals surface area (Å²) in [6.07, 6.45) is 8.76. The molecule has 1 atom stereocenters. The van der Waals surface area contributed by atoms with Crippen LogP contribution in [0.2, 0.25) is 0 Å². The summed E-state index contributed by atoms with van der Waals surface area (Å²) in [6.45, 7) is 6.64. The Balaban J connectivity index is 1.58. The maximum atomic E-state index is 10.5. The number of ether oxygens (including phenoxy) is 1. The predicted molar refractivity (Wildman–Crippen MR) is 126 cm³/mol. The molecular weight excluding hydrogens is 426 g/mol. The maximum Gasteiger partial charge on any atom is 0.119 e. The highest BCUT2D eigenvalue weighted by Gasteiger charge is 2.10. The van der Waals surface area contributed by atoms with E-state index in [2.05, 4.69) is 34.5 Å². The van der Waals surface area contributed by atoms with Crippen LogP contribution in [0.15, 0.2) is 65.7 Å². The Morgan fingerprint density at radius 1 is 0.931 bits per heavy atom. The fraction of sp³-hybridized carbons (Fsp3) is 0.440. The van der Waals surface area contributed by atoms with Gasteiger partial charge < -0.3 is 14.7 Å². The fourth-order valence-corrected chi connectivity index (χ4v) is 3.54. The summed E-state index contributed by atoms with van der Waals surface area (Å²) in [5.74, 6) is 0.863. The number of aliphatic hydroxyl groups excluding tert-OH is 1. The molecule has 0 fully saturated rings. The van der Waals surface area contributed by atoms with Crippen LogP contribution in [-0.2, 0) is 0 Å². The van der Waals surface area contributed by atoms with Gasteiger partial charge in [0.05, 0.1) is 6.61 Å². The first-order valence-corrected chi connectivity index (χ1v) is 11.3. The van der Waals surface area contributed by atoms with Crippen LogP contribution in [0.5, 0.6) is 5.75 Å². The molecule has 0 bridgehead atoms. The third kappa shape index (κ3) is 9.16. The van der Waals surface area contributed by atoms with Crippen molar-refractivity contribution in [3.8, 4) is 5.75 Å². The van der Waals surface area contributed by atoms with Crippen LogP contribution in [-0.4, -0.2) is 36.8 Å². The van der Waals surface area contributed by atoms with Crippen LogP contribution in [0, 0.1) is 0 Å². The summed E-state index contributed by atoms with van der Waals surface area (Å²) in [5.41, 5.74) is 1.76. The highest BCUT2D eigenvalue weighted by molar-refractivity contribution is 9.10. The van der Waals surface area contributed by atoms with Crippen LogP contribution in [0.25, 0.3) is 0 Å². The van der Waals surface area contributed by atoms with E-state index in [-0.39, 0.29) is 0 Å². The molecule has 0 heterocycles. The van der Waals surface area contributed by atoms with E-state index in [4.69, 9.17) is 4.74 Å². The number of rotatable bonds is 14. The molecule has 0 saturated heterocycles. The molecule has 1 unspecified atom stereocenters. The first kappa shape index (κ1) is 23.7. The van der Waals surface area contributed by atoms with Crippen molar-refractivity contribution in [2.24, 2.45) is 0 Å². The second kappa shape index (κ2) is 13.6. The normalized spacial score (nSPS) is 12.1. The third-order valence-electron chi connectivity index (χ3n) is 5.03. The molecular formula is C25H34BrNO2. The summed E-state index contributed by atoms with van der Waals surface area (Å²) in [7, 11) is 2.15. The average Bonchev–Trinajstić information content (AvgIpc) is 2.73. The third-order valence-corrected chi connectivity index (χ3v) is 5.55. The van der Waals surface area contributed by atoms with Gasteiger partial charge in [-0.3, -0.25) is 0 Å². The van der Waals surface area contributed by atoms with E-state index in [9.17, 15) is 5.11 Å². The number of nitrogens with zero attached hydrogens (tertiary/aromatic N) is 1. The van der Waals surface area contributed by atoms with E-state index < -0.39 is 6.10 Å². The molecule has 2 rings (SSSR count). The Morgan fingerprint density at radius 2 is 1.48 bits per heavy atom. The summed E-state index contributed by atoms with van der Waals surface area (Å²) in [6, 6.07) is 15.5. The minimum Gasteiger partial charge on any atom is -0.494 e. The first-order chi connectivity index (χ1) is 14.1. The molecule has 3 nitrogen and oxygen atoms in total. The lowest BCUT2D eigenvalue weighted by molar-refractivity contribution is 0.220. The van der Waals surface area contributed by atoms with E-state index in [0.717, 1.165) is 47.5 Å². The van der Waals surface area contributed by atoms with Gasteiger partial charge in [-0.2, -0.15) is 0 Å². The lowest BCUT2D eigenvalue weighted by Crippen LogP contribution is -2.19. The van der Waals surface area contributed by atoms with Gasteiger partial charge >= 0.3 is 0 Å². The molecule has 0 spiro atoms. The zero-order chi connectivity index (χ0) is 20.9. The van der Waals surface area contributed by atoms with E-state index in [0.29, 0.717) is 0 Å². The van der Waals surface area contributed by atoms with Crippen LogP contribution < -0.4 is 4.74 Å². The summed E-state index contributed by atoms with van der Waals surface area (Å²) < 4.78 is 6.85. The minimum atomic E-state index is -0.617. The van der Waals surface area contributed by atoms with Gasteiger partial charge in [-0.1, -0.05) is 72.0 Å². The van der Waals surface area contributed by atoms with Crippen molar-refractivity contribution in [1.29, 1.82) is 0 Å². The van der Waals surface area contributed by atoms with Gasteiger partial charge in [0.2, 0.25) is 0 Å². The van der Waals surface area contributed by atoms with Crippen LogP contribution in [0.3, 0.4) is 0 Å². The van der Waals surface area contributed by atoms with E-state index in [1.807, 2.05) is 54.6 Å². The molecule has 0 amide bonds. The Morgan fingerprint density at radius 3 is 2.10 bits per heavy atom. The number of hydrogen-bond acceptors (Lipinski definition) is 3. The van der Waals surface area contributed by atoms with Crippen molar-refractivity contribution in [2.75, 3.05) is 26.7 Å². The highest BCUT2D eigenvalue weighted by atomic mass is 79.9. The molecule has 0 saturated carbocycles. The Hall–Kier alpha value is -1.62. The largest absolute Gasteiger partial charge is 0.494 e. The van der Waals surface area contributed by atoms with Crippen molar-refractivity contribution in [1.82, 2.24) is 4.90 Å². The van der Waals surface area contributed by atoms with Crippen LogP contribution in [0.4, 0.5) is 0 Å². The van der Waals surface area contributed by atoms with Gasteiger partial charge in [-0.25, -0.2) is 0 Å². The van der Waals surface area contributed by atoms with Crippen molar-refractivity contribution in [3.63, 3.8) is 0 Å².